The fourth-order valence-electron chi connectivity index (χ4n) is 2.36. The monoisotopic (exact) mass is 312 g/mol. The Labute approximate surface area is 132 Å². The lowest BCUT2D eigenvalue weighted by Crippen LogP contribution is -2.03. The second-order valence-corrected chi connectivity index (χ2v) is 5.28. The molecule has 0 amide bonds. The van der Waals surface area contributed by atoms with Crippen LogP contribution in [0.3, 0.4) is 0 Å². The largest absolute Gasteiger partial charge is 0.481 e. The van der Waals surface area contributed by atoms with Gasteiger partial charge in [-0.2, -0.15) is 5.10 Å². The summed E-state index contributed by atoms with van der Waals surface area (Å²) in [7, 11) is 0. The molecule has 0 unspecified atom stereocenters. The molecule has 3 rings (SSSR count). The van der Waals surface area contributed by atoms with Crippen LogP contribution in [0, 0.1) is 0 Å². The van der Waals surface area contributed by atoms with Crippen molar-refractivity contribution in [2.24, 2.45) is 0 Å². The van der Waals surface area contributed by atoms with E-state index in [1.807, 2.05) is 42.5 Å². The van der Waals surface area contributed by atoms with Crippen LogP contribution < -0.4 is 0 Å². The molecule has 0 aliphatic heterocycles. The standard InChI is InChI=1S/C17H13ClN2O2/c18-14-6-8-15(9-7-14)20-17(12-4-2-1-3-5-12)13(11-19-20)10-16(21)22/h1-9,11H,10H2,(H,21,22). The van der Waals surface area contributed by atoms with E-state index >= 15 is 0 Å². The van der Waals surface area contributed by atoms with Crippen LogP contribution in [0.1, 0.15) is 5.56 Å². The van der Waals surface area contributed by atoms with Crippen molar-refractivity contribution < 1.29 is 9.90 Å². The molecular weight excluding hydrogens is 300 g/mol. The van der Waals surface area contributed by atoms with E-state index in [1.54, 1.807) is 23.0 Å². The maximum Gasteiger partial charge on any atom is 0.307 e. The molecule has 0 spiro atoms. The molecule has 2 aromatic carbocycles. The molecule has 1 N–H and O–H groups in total. The van der Waals surface area contributed by atoms with Crippen molar-refractivity contribution in [1.29, 1.82) is 0 Å². The van der Waals surface area contributed by atoms with E-state index in [0.717, 1.165) is 16.9 Å². The molecule has 4 nitrogen and oxygen atoms in total. The Balaban J connectivity index is 2.16. The molecule has 0 saturated heterocycles. The Hall–Kier alpha value is -2.59. The third-order valence-electron chi connectivity index (χ3n) is 3.31. The van der Waals surface area contributed by atoms with E-state index in [4.69, 9.17) is 16.7 Å². The third-order valence-corrected chi connectivity index (χ3v) is 3.56. The zero-order valence-corrected chi connectivity index (χ0v) is 12.4. The summed E-state index contributed by atoms with van der Waals surface area (Å²) in [5.41, 5.74) is 3.21. The van der Waals surface area contributed by atoms with Gasteiger partial charge in [-0.25, -0.2) is 4.68 Å². The van der Waals surface area contributed by atoms with Gasteiger partial charge >= 0.3 is 5.97 Å². The Kier molecular flexibility index (Phi) is 3.94. The van der Waals surface area contributed by atoms with E-state index in [1.165, 1.54) is 0 Å². The fraction of sp³-hybridized carbons (Fsp3) is 0.0588. The average Bonchev–Trinajstić information content (AvgIpc) is 2.91. The molecule has 110 valence electrons. The van der Waals surface area contributed by atoms with Crippen LogP contribution in [-0.2, 0) is 11.2 Å². The molecule has 5 heteroatoms. The number of hydrogen-bond acceptors (Lipinski definition) is 2. The normalized spacial score (nSPS) is 10.6. The van der Waals surface area contributed by atoms with Crippen molar-refractivity contribution in [3.63, 3.8) is 0 Å². The van der Waals surface area contributed by atoms with Gasteiger partial charge < -0.3 is 5.11 Å². The predicted octanol–water partition coefficient (Wildman–Crippen LogP) is 3.82. The molecule has 0 atom stereocenters. The summed E-state index contributed by atoms with van der Waals surface area (Å²) in [6, 6.07) is 16.9. The number of nitrogens with zero attached hydrogens (tertiary/aromatic N) is 2. The van der Waals surface area contributed by atoms with Gasteiger partial charge in [0.2, 0.25) is 0 Å². The number of halogens is 1. The highest BCUT2D eigenvalue weighted by Gasteiger charge is 2.16. The van der Waals surface area contributed by atoms with Crippen molar-refractivity contribution in [3.8, 4) is 16.9 Å². The lowest BCUT2D eigenvalue weighted by atomic mass is 10.1. The van der Waals surface area contributed by atoms with Crippen LogP contribution in [0.5, 0.6) is 0 Å². The van der Waals surface area contributed by atoms with Crippen molar-refractivity contribution >= 4 is 17.6 Å². The summed E-state index contributed by atoms with van der Waals surface area (Å²) in [4.78, 5) is 11.1. The maximum atomic E-state index is 11.1. The summed E-state index contributed by atoms with van der Waals surface area (Å²) >= 11 is 5.92. The van der Waals surface area contributed by atoms with E-state index in [2.05, 4.69) is 5.10 Å². The van der Waals surface area contributed by atoms with E-state index in [9.17, 15) is 4.79 Å². The number of benzene rings is 2. The molecule has 0 aliphatic rings. The molecule has 0 fully saturated rings. The van der Waals surface area contributed by atoms with E-state index in [0.29, 0.717) is 10.6 Å². The molecule has 22 heavy (non-hydrogen) atoms. The molecule has 0 radical (unpaired) electrons. The van der Waals surface area contributed by atoms with Crippen molar-refractivity contribution in [2.45, 2.75) is 6.42 Å². The van der Waals surface area contributed by atoms with E-state index < -0.39 is 5.97 Å². The van der Waals surface area contributed by atoms with Gasteiger partial charge in [-0.1, -0.05) is 41.9 Å². The first kappa shape index (κ1) is 14.4. The molecule has 0 bridgehead atoms. The minimum absolute atomic E-state index is 0.0716. The lowest BCUT2D eigenvalue weighted by molar-refractivity contribution is -0.136. The van der Waals surface area contributed by atoms with Gasteiger partial charge in [0.05, 0.1) is 24.0 Å². The number of rotatable bonds is 4. The van der Waals surface area contributed by atoms with Crippen LogP contribution in [0.2, 0.25) is 5.02 Å². The Morgan fingerprint density at radius 1 is 1.09 bits per heavy atom. The van der Waals surface area contributed by atoms with Crippen LogP contribution in [0.4, 0.5) is 0 Å². The molecular formula is C17H13ClN2O2. The summed E-state index contributed by atoms with van der Waals surface area (Å²) in [5, 5.41) is 14.1. The van der Waals surface area contributed by atoms with Gasteiger partial charge in [0.1, 0.15) is 0 Å². The van der Waals surface area contributed by atoms with Crippen LogP contribution in [0.15, 0.2) is 60.8 Å². The SMILES string of the molecule is O=C(O)Cc1cnn(-c2ccc(Cl)cc2)c1-c1ccccc1. The van der Waals surface area contributed by atoms with Crippen molar-refractivity contribution in [3.05, 3.63) is 71.4 Å². The smallest absolute Gasteiger partial charge is 0.307 e. The number of carboxylic acids is 1. The number of carbonyl (C=O) groups is 1. The molecule has 1 aromatic heterocycles. The van der Waals surface area contributed by atoms with Crippen LogP contribution in [-0.4, -0.2) is 20.9 Å². The third kappa shape index (κ3) is 2.87. The first-order valence-electron chi connectivity index (χ1n) is 6.75. The second-order valence-electron chi connectivity index (χ2n) is 4.84. The number of aliphatic carboxylic acids is 1. The van der Waals surface area contributed by atoms with Crippen LogP contribution >= 0.6 is 11.6 Å². The second kappa shape index (κ2) is 6.03. The van der Waals surface area contributed by atoms with Crippen LogP contribution in [0.25, 0.3) is 16.9 Å². The number of hydrogen-bond donors (Lipinski definition) is 1. The number of aromatic nitrogens is 2. The minimum atomic E-state index is -0.882. The van der Waals surface area contributed by atoms with Gasteiger partial charge in [-0.3, -0.25) is 4.79 Å². The highest BCUT2D eigenvalue weighted by molar-refractivity contribution is 6.30. The molecule has 1 heterocycles. The zero-order chi connectivity index (χ0) is 15.5. The van der Waals surface area contributed by atoms with Crippen molar-refractivity contribution in [1.82, 2.24) is 9.78 Å². The van der Waals surface area contributed by atoms with E-state index in [-0.39, 0.29) is 6.42 Å². The van der Waals surface area contributed by atoms with Gasteiger partial charge in [0.15, 0.2) is 0 Å². The quantitative estimate of drug-likeness (QED) is 0.796. The summed E-state index contributed by atoms with van der Waals surface area (Å²) < 4.78 is 1.74. The Bertz CT molecular complexity index is 795. The first-order chi connectivity index (χ1) is 10.6. The Morgan fingerprint density at radius 2 is 1.77 bits per heavy atom. The number of carboxylic acid groups (broad SMARTS) is 1. The summed E-state index contributed by atoms with van der Waals surface area (Å²) in [5.74, 6) is -0.882. The highest BCUT2D eigenvalue weighted by atomic mass is 35.5. The fourth-order valence-corrected chi connectivity index (χ4v) is 2.48. The predicted molar refractivity (Wildman–Crippen MR) is 85.3 cm³/mol. The molecule has 3 aromatic rings. The van der Waals surface area contributed by atoms with Gasteiger partial charge in [0.25, 0.3) is 0 Å². The summed E-state index contributed by atoms with van der Waals surface area (Å²) in [6.07, 6.45) is 1.53. The molecule has 0 saturated carbocycles. The average molecular weight is 313 g/mol. The topological polar surface area (TPSA) is 55.1 Å². The lowest BCUT2D eigenvalue weighted by Gasteiger charge is -2.09. The Morgan fingerprint density at radius 3 is 2.41 bits per heavy atom. The molecule has 0 aliphatic carbocycles. The van der Waals surface area contributed by atoms with Gasteiger partial charge in [0, 0.05) is 16.1 Å². The van der Waals surface area contributed by atoms with Gasteiger partial charge in [-0.05, 0) is 24.3 Å². The van der Waals surface area contributed by atoms with Gasteiger partial charge in [-0.15, -0.1) is 0 Å². The summed E-state index contributed by atoms with van der Waals surface area (Å²) in [6.45, 7) is 0. The maximum absolute atomic E-state index is 11.1. The highest BCUT2D eigenvalue weighted by Crippen LogP contribution is 2.27. The first-order valence-corrected chi connectivity index (χ1v) is 7.13. The zero-order valence-electron chi connectivity index (χ0n) is 11.6. The minimum Gasteiger partial charge on any atom is -0.481 e. The van der Waals surface area contributed by atoms with Crippen molar-refractivity contribution in [2.75, 3.05) is 0 Å².